The maximum absolute atomic E-state index is 7.11. The number of unbranched alkanes of at least 4 members (excludes halogenated alkanes) is 20. The lowest BCUT2D eigenvalue weighted by molar-refractivity contribution is 0.522. The first-order valence-electron chi connectivity index (χ1n) is 11.1. The number of hydrogen-bond acceptors (Lipinski definition) is 0. The molecule has 0 nitrogen and oxygen atoms in total. The van der Waals surface area contributed by atoms with E-state index in [0.717, 1.165) is 6.42 Å². The van der Waals surface area contributed by atoms with E-state index in [1.807, 2.05) is 0 Å². The minimum Gasteiger partial charge on any atom is -0.0654 e. The third kappa shape index (κ3) is 22.0. The molecule has 0 rings (SSSR count). The van der Waals surface area contributed by atoms with Crippen molar-refractivity contribution >= 4 is 0 Å². The summed E-state index contributed by atoms with van der Waals surface area (Å²) in [5, 5.41) is 0. The largest absolute Gasteiger partial charge is 0.0654 e. The zero-order chi connectivity index (χ0) is 16.8. The van der Waals surface area contributed by atoms with E-state index in [2.05, 4.69) is 6.92 Å². The van der Waals surface area contributed by atoms with Crippen LogP contribution in [0.5, 0.6) is 0 Å². The third-order valence-corrected chi connectivity index (χ3v) is 5.03. The highest BCUT2D eigenvalue weighted by molar-refractivity contribution is 4.51. The van der Waals surface area contributed by atoms with E-state index in [1.54, 1.807) is 0 Å². The van der Waals surface area contributed by atoms with Crippen molar-refractivity contribution in [2.45, 2.75) is 142 Å². The zero-order valence-corrected chi connectivity index (χ0v) is 16.3. The van der Waals surface area contributed by atoms with Crippen LogP contribution in [-0.2, 0) is 0 Å². The quantitative estimate of drug-likeness (QED) is 0.196. The van der Waals surface area contributed by atoms with Gasteiger partial charge in [0.15, 0.2) is 0 Å². The average molecular weight is 322 g/mol. The van der Waals surface area contributed by atoms with Crippen molar-refractivity contribution in [2.24, 2.45) is 0 Å². The number of rotatable bonds is 20. The van der Waals surface area contributed by atoms with Gasteiger partial charge in [-0.15, -0.1) is 0 Å². The van der Waals surface area contributed by atoms with Crippen LogP contribution in [0.15, 0.2) is 0 Å². The summed E-state index contributed by atoms with van der Waals surface area (Å²) in [4.78, 5) is 0. The van der Waals surface area contributed by atoms with Crippen LogP contribution in [0.25, 0.3) is 0 Å². The fraction of sp³-hybridized carbons (Fsp3) is 0.957. The van der Waals surface area contributed by atoms with E-state index in [9.17, 15) is 0 Å². The molecule has 0 saturated heterocycles. The van der Waals surface area contributed by atoms with Crippen molar-refractivity contribution < 1.29 is 0 Å². The molecular formula is C23H45. The smallest absolute Gasteiger partial charge is 0.00936 e. The minimum atomic E-state index is 0.624. The Morgan fingerprint density at radius 3 is 0.783 bits per heavy atom. The van der Waals surface area contributed by atoms with Crippen molar-refractivity contribution in [3.05, 3.63) is 6.92 Å². The van der Waals surface area contributed by atoms with Gasteiger partial charge in [0, 0.05) is 0 Å². The van der Waals surface area contributed by atoms with Crippen LogP contribution in [0.1, 0.15) is 142 Å². The van der Waals surface area contributed by atoms with Crippen molar-refractivity contribution in [1.29, 1.82) is 0 Å². The summed E-state index contributed by atoms with van der Waals surface area (Å²) in [5.41, 5.74) is 0. The van der Waals surface area contributed by atoms with E-state index >= 15 is 0 Å². The monoisotopic (exact) mass is 321 g/mol. The van der Waals surface area contributed by atoms with Gasteiger partial charge in [-0.25, -0.2) is 0 Å². The highest BCUT2D eigenvalue weighted by Gasteiger charge is 1.95. The summed E-state index contributed by atoms with van der Waals surface area (Å²) in [7, 11) is 0. The molecule has 0 aliphatic carbocycles. The van der Waals surface area contributed by atoms with Gasteiger partial charge >= 0.3 is 0 Å². The highest BCUT2D eigenvalue weighted by Crippen LogP contribution is 2.14. The average Bonchev–Trinajstić information content (AvgIpc) is 2.57. The SMILES string of the molecule is [C]CCCCCCCCCCCCCCCCCCCCCC. The highest BCUT2D eigenvalue weighted by atomic mass is 14.0. The van der Waals surface area contributed by atoms with E-state index in [4.69, 9.17) is 6.92 Å². The van der Waals surface area contributed by atoms with Crippen LogP contribution in [0.3, 0.4) is 0 Å². The Kier molecular flexibility index (Phi) is 22.0. The molecule has 0 unspecified atom stereocenters. The van der Waals surface area contributed by atoms with Crippen LogP contribution < -0.4 is 0 Å². The molecule has 0 aromatic heterocycles. The molecule has 0 amide bonds. The van der Waals surface area contributed by atoms with Crippen LogP contribution in [0, 0.1) is 6.92 Å². The topological polar surface area (TPSA) is 0 Å². The van der Waals surface area contributed by atoms with Crippen molar-refractivity contribution in [3.63, 3.8) is 0 Å². The lowest BCUT2D eigenvalue weighted by Gasteiger charge is -2.04. The molecule has 0 heterocycles. The molecule has 0 spiro atoms. The maximum Gasteiger partial charge on any atom is -0.00936 e. The molecule has 0 N–H and O–H groups in total. The molecule has 3 radical (unpaired) electrons. The molecule has 0 aromatic rings. The molecule has 0 aliphatic rings. The normalized spacial score (nSPS) is 11.2. The molecule has 0 aromatic carbocycles. The van der Waals surface area contributed by atoms with Crippen molar-refractivity contribution in [1.82, 2.24) is 0 Å². The van der Waals surface area contributed by atoms with Gasteiger partial charge in [0.2, 0.25) is 0 Å². The summed E-state index contributed by atoms with van der Waals surface area (Å²) in [6, 6.07) is 0. The van der Waals surface area contributed by atoms with Crippen LogP contribution >= 0.6 is 0 Å². The summed E-state index contributed by atoms with van der Waals surface area (Å²) < 4.78 is 0. The summed E-state index contributed by atoms with van der Waals surface area (Å²) in [5.74, 6) is 0. The van der Waals surface area contributed by atoms with Gasteiger partial charge in [0.25, 0.3) is 0 Å². The van der Waals surface area contributed by atoms with Gasteiger partial charge in [-0.3, -0.25) is 0 Å². The van der Waals surface area contributed by atoms with E-state index in [-0.39, 0.29) is 0 Å². The van der Waals surface area contributed by atoms with Gasteiger partial charge in [-0.1, -0.05) is 135 Å². The Bertz CT molecular complexity index is 164. The fourth-order valence-corrected chi connectivity index (χ4v) is 3.38. The van der Waals surface area contributed by atoms with Crippen LogP contribution in [0.2, 0.25) is 0 Å². The lowest BCUT2D eigenvalue weighted by atomic mass is 10.0. The second kappa shape index (κ2) is 22.0. The predicted octanol–water partition coefficient (Wildman–Crippen LogP) is 8.79. The Hall–Kier alpha value is 0. The molecule has 0 saturated carbocycles. The molecule has 0 heteroatoms. The van der Waals surface area contributed by atoms with Gasteiger partial charge in [0.1, 0.15) is 0 Å². The first kappa shape index (κ1) is 23.0. The van der Waals surface area contributed by atoms with Crippen LogP contribution in [0.4, 0.5) is 0 Å². The van der Waals surface area contributed by atoms with E-state index < -0.39 is 0 Å². The molecule has 0 atom stereocenters. The Morgan fingerprint density at radius 1 is 0.348 bits per heavy atom. The Labute approximate surface area is 149 Å². The minimum absolute atomic E-state index is 0.624. The van der Waals surface area contributed by atoms with Gasteiger partial charge in [-0.05, 0) is 13.3 Å². The molecule has 0 fully saturated rings. The summed E-state index contributed by atoms with van der Waals surface area (Å²) in [6.07, 6.45) is 29.1. The van der Waals surface area contributed by atoms with E-state index in [0.29, 0.717) is 6.42 Å². The Morgan fingerprint density at radius 2 is 0.565 bits per heavy atom. The van der Waals surface area contributed by atoms with Gasteiger partial charge in [0.05, 0.1) is 0 Å². The standard InChI is InChI=1S/C23H45/c1-3-5-7-9-11-13-15-17-19-21-23-22-20-18-16-14-12-10-8-6-4-2/h3-23H2,1H3. The lowest BCUT2D eigenvalue weighted by Crippen LogP contribution is -1.84. The second-order valence-electron chi connectivity index (χ2n) is 7.47. The summed E-state index contributed by atoms with van der Waals surface area (Å²) >= 11 is 0. The summed E-state index contributed by atoms with van der Waals surface area (Å²) in [6.45, 7) is 9.40. The van der Waals surface area contributed by atoms with Gasteiger partial charge in [-0.2, -0.15) is 0 Å². The third-order valence-electron chi connectivity index (χ3n) is 5.03. The molecule has 137 valence electrons. The first-order chi connectivity index (χ1) is 11.4. The molecule has 0 aliphatic heterocycles. The van der Waals surface area contributed by atoms with Crippen molar-refractivity contribution in [3.8, 4) is 0 Å². The zero-order valence-electron chi connectivity index (χ0n) is 16.3. The van der Waals surface area contributed by atoms with E-state index in [1.165, 1.54) is 122 Å². The molecule has 0 bridgehead atoms. The Balaban J connectivity index is 2.92. The van der Waals surface area contributed by atoms with Crippen molar-refractivity contribution in [2.75, 3.05) is 0 Å². The maximum atomic E-state index is 7.11. The van der Waals surface area contributed by atoms with Crippen LogP contribution in [-0.4, -0.2) is 0 Å². The molecular weight excluding hydrogens is 276 g/mol. The second-order valence-corrected chi connectivity index (χ2v) is 7.47. The van der Waals surface area contributed by atoms with Gasteiger partial charge < -0.3 is 0 Å². The fourth-order valence-electron chi connectivity index (χ4n) is 3.38. The predicted molar refractivity (Wildman–Crippen MR) is 106 cm³/mol. The molecule has 23 heavy (non-hydrogen) atoms. The number of hydrogen-bond donors (Lipinski definition) is 0. The first-order valence-corrected chi connectivity index (χ1v) is 11.1.